The fraction of sp³-hybridized carbons (Fsp3) is 0.667. The van der Waals surface area contributed by atoms with Crippen LogP contribution in [0.3, 0.4) is 0 Å². The molecule has 3 heteroatoms. The standard InChI is InChI=1S/C9H12O3/c1-5-6-2-3-7(4-6)9(5,12)8(10)11/h6-7,12H,1-4H2,(H,10,11). The van der Waals surface area contributed by atoms with Gasteiger partial charge in [-0.1, -0.05) is 6.58 Å². The van der Waals surface area contributed by atoms with Crippen molar-refractivity contribution < 1.29 is 15.0 Å². The summed E-state index contributed by atoms with van der Waals surface area (Å²) in [6.45, 7) is 3.68. The zero-order valence-electron chi connectivity index (χ0n) is 6.79. The van der Waals surface area contributed by atoms with Gasteiger partial charge in [0, 0.05) is 5.92 Å². The highest BCUT2D eigenvalue weighted by molar-refractivity contribution is 5.83. The molecule has 3 nitrogen and oxygen atoms in total. The first-order valence-electron chi connectivity index (χ1n) is 4.22. The number of aliphatic hydroxyl groups is 1. The lowest BCUT2D eigenvalue weighted by atomic mass is 9.81. The van der Waals surface area contributed by atoms with Gasteiger partial charge in [-0.3, -0.25) is 0 Å². The van der Waals surface area contributed by atoms with Gasteiger partial charge in [-0.15, -0.1) is 0 Å². The summed E-state index contributed by atoms with van der Waals surface area (Å²) in [5, 5.41) is 18.7. The summed E-state index contributed by atoms with van der Waals surface area (Å²) in [6.07, 6.45) is 2.63. The molecule has 3 atom stereocenters. The van der Waals surface area contributed by atoms with Crippen LogP contribution in [0.4, 0.5) is 0 Å². The van der Waals surface area contributed by atoms with Crippen LogP contribution in [0.5, 0.6) is 0 Å². The molecule has 0 heterocycles. The highest BCUT2D eigenvalue weighted by atomic mass is 16.4. The molecule has 12 heavy (non-hydrogen) atoms. The van der Waals surface area contributed by atoms with E-state index in [-0.39, 0.29) is 11.8 Å². The first-order valence-corrected chi connectivity index (χ1v) is 4.22. The third-order valence-electron chi connectivity index (χ3n) is 3.33. The number of hydrogen-bond donors (Lipinski definition) is 2. The van der Waals surface area contributed by atoms with Crippen LogP contribution in [0.1, 0.15) is 19.3 Å². The van der Waals surface area contributed by atoms with Crippen molar-refractivity contribution in [2.24, 2.45) is 11.8 Å². The monoisotopic (exact) mass is 168 g/mol. The van der Waals surface area contributed by atoms with E-state index in [1.54, 1.807) is 0 Å². The van der Waals surface area contributed by atoms with Crippen LogP contribution in [0.2, 0.25) is 0 Å². The van der Waals surface area contributed by atoms with E-state index in [0.717, 1.165) is 19.3 Å². The Labute approximate surface area is 70.7 Å². The molecular weight excluding hydrogens is 156 g/mol. The van der Waals surface area contributed by atoms with Crippen molar-refractivity contribution in [3.63, 3.8) is 0 Å². The number of carbonyl (C=O) groups is 1. The van der Waals surface area contributed by atoms with E-state index >= 15 is 0 Å². The molecule has 2 saturated carbocycles. The summed E-state index contributed by atoms with van der Waals surface area (Å²) in [5.41, 5.74) is -1.09. The molecule has 0 saturated heterocycles. The molecule has 0 spiro atoms. The maximum Gasteiger partial charge on any atom is 0.340 e. The SMILES string of the molecule is C=C1C2CCC(C2)C1(O)C(=O)O. The third-order valence-corrected chi connectivity index (χ3v) is 3.33. The molecule has 66 valence electrons. The lowest BCUT2D eigenvalue weighted by Crippen LogP contribution is -2.45. The van der Waals surface area contributed by atoms with Crippen molar-refractivity contribution in [3.05, 3.63) is 12.2 Å². The third kappa shape index (κ3) is 0.672. The maximum atomic E-state index is 10.8. The lowest BCUT2D eigenvalue weighted by molar-refractivity contribution is -0.158. The van der Waals surface area contributed by atoms with Crippen molar-refractivity contribution in [3.8, 4) is 0 Å². The molecule has 2 aliphatic rings. The van der Waals surface area contributed by atoms with Gasteiger partial charge in [0.05, 0.1) is 0 Å². The minimum Gasteiger partial charge on any atom is -0.479 e. The summed E-state index contributed by atoms with van der Waals surface area (Å²) >= 11 is 0. The summed E-state index contributed by atoms with van der Waals surface area (Å²) in [4.78, 5) is 10.8. The lowest BCUT2D eigenvalue weighted by Gasteiger charge is -2.29. The molecule has 2 rings (SSSR count). The molecular formula is C9H12O3. The van der Waals surface area contributed by atoms with Crippen molar-refractivity contribution in [1.82, 2.24) is 0 Å². The molecule has 0 aromatic carbocycles. The van der Waals surface area contributed by atoms with E-state index in [0.29, 0.717) is 5.57 Å². The summed E-state index contributed by atoms with van der Waals surface area (Å²) in [7, 11) is 0. The van der Waals surface area contributed by atoms with Gasteiger partial charge in [0.1, 0.15) is 0 Å². The zero-order chi connectivity index (χ0) is 8.93. The Morgan fingerprint density at radius 3 is 2.58 bits per heavy atom. The quantitative estimate of drug-likeness (QED) is 0.569. The second-order valence-electron chi connectivity index (χ2n) is 3.80. The van der Waals surface area contributed by atoms with E-state index in [2.05, 4.69) is 6.58 Å². The Bertz CT molecular complexity index is 258. The van der Waals surface area contributed by atoms with Gasteiger partial charge >= 0.3 is 5.97 Å². The fourth-order valence-electron chi connectivity index (χ4n) is 2.56. The molecule has 2 bridgehead atoms. The summed E-state index contributed by atoms with van der Waals surface area (Å²) in [5.74, 6) is -0.969. The van der Waals surface area contributed by atoms with Gasteiger partial charge in [-0.25, -0.2) is 4.79 Å². The largest absolute Gasteiger partial charge is 0.479 e. The summed E-state index contributed by atoms with van der Waals surface area (Å²) in [6, 6.07) is 0. The Morgan fingerprint density at radius 1 is 1.58 bits per heavy atom. The van der Waals surface area contributed by atoms with E-state index in [1.807, 2.05) is 0 Å². The molecule has 2 aliphatic carbocycles. The van der Waals surface area contributed by atoms with Crippen LogP contribution in [-0.4, -0.2) is 21.8 Å². The average molecular weight is 168 g/mol. The minimum absolute atomic E-state index is 0.0903. The van der Waals surface area contributed by atoms with Crippen LogP contribution < -0.4 is 0 Å². The number of fused-ring (bicyclic) bond motifs is 2. The molecule has 0 radical (unpaired) electrons. The van der Waals surface area contributed by atoms with E-state index in [4.69, 9.17) is 5.11 Å². The number of rotatable bonds is 1. The van der Waals surface area contributed by atoms with Crippen molar-refractivity contribution in [1.29, 1.82) is 0 Å². The number of carboxylic acid groups (broad SMARTS) is 1. The normalized spacial score (nSPS) is 45.2. The van der Waals surface area contributed by atoms with Gasteiger partial charge in [0.2, 0.25) is 0 Å². The molecule has 0 aliphatic heterocycles. The first-order chi connectivity index (χ1) is 5.56. The van der Waals surface area contributed by atoms with Gasteiger partial charge < -0.3 is 10.2 Å². The van der Waals surface area contributed by atoms with Crippen LogP contribution in [0.25, 0.3) is 0 Å². The number of carboxylic acids is 1. The van der Waals surface area contributed by atoms with Gasteiger partial charge in [0.25, 0.3) is 0 Å². The minimum atomic E-state index is -1.61. The molecule has 2 N–H and O–H groups in total. The highest BCUT2D eigenvalue weighted by Gasteiger charge is 2.57. The predicted molar refractivity (Wildman–Crippen MR) is 42.6 cm³/mol. The molecule has 0 amide bonds. The highest BCUT2D eigenvalue weighted by Crippen LogP contribution is 2.53. The second-order valence-corrected chi connectivity index (χ2v) is 3.80. The van der Waals surface area contributed by atoms with Gasteiger partial charge in [-0.05, 0) is 30.8 Å². The second kappa shape index (κ2) is 2.10. The van der Waals surface area contributed by atoms with Crippen molar-refractivity contribution in [2.75, 3.05) is 0 Å². The molecule has 0 aromatic heterocycles. The average Bonchev–Trinajstić information content (AvgIpc) is 2.55. The zero-order valence-corrected chi connectivity index (χ0v) is 6.79. The first kappa shape index (κ1) is 7.80. The van der Waals surface area contributed by atoms with Crippen molar-refractivity contribution >= 4 is 5.97 Å². The molecule has 2 fully saturated rings. The van der Waals surface area contributed by atoms with Crippen LogP contribution in [-0.2, 0) is 4.79 Å². The maximum absolute atomic E-state index is 10.8. The Morgan fingerprint density at radius 2 is 2.25 bits per heavy atom. The summed E-state index contributed by atoms with van der Waals surface area (Å²) < 4.78 is 0. The van der Waals surface area contributed by atoms with Crippen molar-refractivity contribution in [2.45, 2.75) is 24.9 Å². The molecule has 0 aromatic rings. The molecule has 3 unspecified atom stereocenters. The van der Waals surface area contributed by atoms with E-state index in [1.165, 1.54) is 0 Å². The van der Waals surface area contributed by atoms with Crippen LogP contribution in [0, 0.1) is 11.8 Å². The Kier molecular flexibility index (Phi) is 1.37. The van der Waals surface area contributed by atoms with Gasteiger partial charge in [-0.2, -0.15) is 0 Å². The Balaban J connectivity index is 2.39. The van der Waals surface area contributed by atoms with Gasteiger partial charge in [0.15, 0.2) is 5.60 Å². The number of hydrogen-bond acceptors (Lipinski definition) is 2. The van der Waals surface area contributed by atoms with E-state index in [9.17, 15) is 9.90 Å². The topological polar surface area (TPSA) is 57.5 Å². The van der Waals surface area contributed by atoms with Crippen LogP contribution >= 0.6 is 0 Å². The van der Waals surface area contributed by atoms with Crippen LogP contribution in [0.15, 0.2) is 12.2 Å². The number of aliphatic carboxylic acids is 1. The van der Waals surface area contributed by atoms with E-state index < -0.39 is 11.6 Å². The Hall–Kier alpha value is -0.830. The smallest absolute Gasteiger partial charge is 0.340 e. The predicted octanol–water partition coefficient (Wildman–Crippen LogP) is 0.788. The fourth-order valence-corrected chi connectivity index (χ4v) is 2.56.